The molecular formula is C18H24N4O2. The van der Waals surface area contributed by atoms with Crippen molar-refractivity contribution in [3.63, 3.8) is 0 Å². The number of ether oxygens (including phenoxy) is 1. The Morgan fingerprint density at radius 3 is 3.04 bits per heavy atom. The first-order valence-electron chi connectivity index (χ1n) is 8.31. The Labute approximate surface area is 142 Å². The first kappa shape index (κ1) is 16.4. The summed E-state index contributed by atoms with van der Waals surface area (Å²) in [7, 11) is 1.70. The van der Waals surface area contributed by atoms with Gasteiger partial charge in [0, 0.05) is 25.3 Å². The van der Waals surface area contributed by atoms with Crippen LogP contribution in [0.1, 0.15) is 17.8 Å². The number of H-pyrrole nitrogens is 1. The summed E-state index contributed by atoms with van der Waals surface area (Å²) in [4.78, 5) is 14.4. The minimum absolute atomic E-state index is 0.0252. The number of benzene rings is 1. The van der Waals surface area contributed by atoms with Gasteiger partial charge in [-0.05, 0) is 37.5 Å². The van der Waals surface area contributed by atoms with E-state index in [1.165, 1.54) is 0 Å². The van der Waals surface area contributed by atoms with Crippen molar-refractivity contribution in [1.29, 1.82) is 0 Å². The molecule has 2 aromatic rings. The van der Waals surface area contributed by atoms with E-state index in [4.69, 9.17) is 4.74 Å². The van der Waals surface area contributed by atoms with Gasteiger partial charge in [0.2, 0.25) is 5.91 Å². The highest BCUT2D eigenvalue weighted by Gasteiger charge is 2.24. The van der Waals surface area contributed by atoms with Gasteiger partial charge in [-0.15, -0.1) is 0 Å². The van der Waals surface area contributed by atoms with Gasteiger partial charge in [0.25, 0.3) is 0 Å². The van der Waals surface area contributed by atoms with E-state index in [0.29, 0.717) is 18.9 Å². The molecule has 24 heavy (non-hydrogen) atoms. The van der Waals surface area contributed by atoms with Crippen LogP contribution in [0.15, 0.2) is 30.3 Å². The van der Waals surface area contributed by atoms with Crippen LogP contribution < -0.4 is 15.0 Å². The first-order valence-corrected chi connectivity index (χ1v) is 8.31. The Kier molecular flexibility index (Phi) is 5.03. The van der Waals surface area contributed by atoms with Crippen molar-refractivity contribution in [3.8, 4) is 5.75 Å². The fraction of sp³-hybridized carbons (Fsp3) is 0.444. The van der Waals surface area contributed by atoms with Crippen molar-refractivity contribution in [2.75, 3.05) is 31.6 Å². The number of aryl methyl sites for hydroxylation is 1. The van der Waals surface area contributed by atoms with Gasteiger partial charge in [0.05, 0.1) is 24.9 Å². The van der Waals surface area contributed by atoms with Crippen LogP contribution in [-0.4, -0.2) is 42.8 Å². The number of carbonyl (C=O) groups is 1. The van der Waals surface area contributed by atoms with Crippen molar-refractivity contribution >= 4 is 11.6 Å². The van der Waals surface area contributed by atoms with Crippen LogP contribution in [0.25, 0.3) is 0 Å². The molecule has 1 aromatic carbocycles. The van der Waals surface area contributed by atoms with Crippen molar-refractivity contribution in [2.24, 2.45) is 5.92 Å². The first-order chi connectivity index (χ1) is 11.7. The van der Waals surface area contributed by atoms with E-state index in [2.05, 4.69) is 26.5 Å². The number of para-hydroxylation sites is 2. The molecular weight excluding hydrogens is 304 g/mol. The molecule has 1 aliphatic heterocycles. The lowest BCUT2D eigenvalue weighted by Crippen LogP contribution is -2.32. The Morgan fingerprint density at radius 2 is 2.29 bits per heavy atom. The van der Waals surface area contributed by atoms with E-state index in [1.807, 2.05) is 31.2 Å². The molecule has 0 radical (unpaired) electrons. The van der Waals surface area contributed by atoms with Crippen LogP contribution in [-0.2, 0) is 11.2 Å². The highest BCUT2D eigenvalue weighted by molar-refractivity contribution is 5.78. The average Bonchev–Trinajstić information content (AvgIpc) is 3.22. The molecule has 1 atom stereocenters. The molecule has 0 bridgehead atoms. The third-order valence-corrected chi connectivity index (χ3v) is 4.40. The van der Waals surface area contributed by atoms with Gasteiger partial charge in [-0.2, -0.15) is 5.10 Å². The Balaban J connectivity index is 1.48. The molecule has 0 unspecified atom stereocenters. The van der Waals surface area contributed by atoms with E-state index in [1.54, 1.807) is 7.11 Å². The number of hydrogen-bond acceptors (Lipinski definition) is 4. The normalized spacial score (nSPS) is 17.1. The van der Waals surface area contributed by atoms with Crippen molar-refractivity contribution in [3.05, 3.63) is 41.7 Å². The topological polar surface area (TPSA) is 70.2 Å². The van der Waals surface area contributed by atoms with E-state index >= 15 is 0 Å². The van der Waals surface area contributed by atoms with Crippen molar-refractivity contribution in [1.82, 2.24) is 15.5 Å². The van der Waals surface area contributed by atoms with Crippen LogP contribution >= 0.6 is 0 Å². The number of nitrogens with zero attached hydrogens (tertiary/aromatic N) is 2. The molecule has 3 rings (SSSR count). The van der Waals surface area contributed by atoms with Crippen LogP contribution in [0, 0.1) is 12.8 Å². The quantitative estimate of drug-likeness (QED) is 0.850. The zero-order valence-electron chi connectivity index (χ0n) is 14.2. The maximum Gasteiger partial charge on any atom is 0.226 e. The zero-order valence-corrected chi connectivity index (χ0v) is 14.2. The second kappa shape index (κ2) is 7.38. The number of nitrogens with one attached hydrogen (secondary N) is 2. The third kappa shape index (κ3) is 3.88. The number of aromatic nitrogens is 2. The molecule has 6 nitrogen and oxygen atoms in total. The SMILES string of the molecule is COc1ccccc1N1CC[C@H](CNC(=O)Cc2cc(C)[nH]n2)C1. The van der Waals surface area contributed by atoms with E-state index in [0.717, 1.165) is 42.3 Å². The van der Waals surface area contributed by atoms with Crippen LogP contribution in [0.2, 0.25) is 0 Å². The number of rotatable bonds is 6. The number of methoxy groups -OCH3 is 1. The van der Waals surface area contributed by atoms with Gasteiger partial charge < -0.3 is 15.0 Å². The number of aromatic amines is 1. The Morgan fingerprint density at radius 1 is 1.46 bits per heavy atom. The van der Waals surface area contributed by atoms with Crippen LogP contribution in [0.4, 0.5) is 5.69 Å². The van der Waals surface area contributed by atoms with Crippen molar-refractivity contribution in [2.45, 2.75) is 19.8 Å². The molecule has 0 spiro atoms. The second-order valence-electron chi connectivity index (χ2n) is 6.30. The summed E-state index contributed by atoms with van der Waals surface area (Å²) < 4.78 is 5.44. The van der Waals surface area contributed by atoms with Crippen LogP contribution in [0.5, 0.6) is 5.75 Å². The fourth-order valence-corrected chi connectivity index (χ4v) is 3.16. The molecule has 6 heteroatoms. The summed E-state index contributed by atoms with van der Waals surface area (Å²) in [6.07, 6.45) is 1.40. The molecule has 1 aromatic heterocycles. The third-order valence-electron chi connectivity index (χ3n) is 4.40. The Hall–Kier alpha value is -2.50. The number of amides is 1. The number of hydrogen-bond donors (Lipinski definition) is 2. The van der Waals surface area contributed by atoms with E-state index in [-0.39, 0.29) is 5.91 Å². The van der Waals surface area contributed by atoms with Gasteiger partial charge in [0.15, 0.2) is 0 Å². The molecule has 0 aliphatic carbocycles. The summed E-state index contributed by atoms with van der Waals surface area (Å²) in [5.74, 6) is 1.38. The molecule has 1 amide bonds. The summed E-state index contributed by atoms with van der Waals surface area (Å²) in [5.41, 5.74) is 2.88. The summed E-state index contributed by atoms with van der Waals surface area (Å²) in [5, 5.41) is 9.99. The lowest BCUT2D eigenvalue weighted by atomic mass is 10.1. The summed E-state index contributed by atoms with van der Waals surface area (Å²) >= 11 is 0. The lowest BCUT2D eigenvalue weighted by molar-refractivity contribution is -0.120. The maximum absolute atomic E-state index is 12.0. The molecule has 128 valence electrons. The highest BCUT2D eigenvalue weighted by Crippen LogP contribution is 2.31. The lowest BCUT2D eigenvalue weighted by Gasteiger charge is -2.21. The molecule has 2 N–H and O–H groups in total. The zero-order chi connectivity index (χ0) is 16.9. The second-order valence-corrected chi connectivity index (χ2v) is 6.30. The average molecular weight is 328 g/mol. The highest BCUT2D eigenvalue weighted by atomic mass is 16.5. The predicted molar refractivity (Wildman–Crippen MR) is 93.4 cm³/mol. The molecule has 0 saturated carbocycles. The van der Waals surface area contributed by atoms with E-state index in [9.17, 15) is 4.79 Å². The van der Waals surface area contributed by atoms with Crippen LogP contribution in [0.3, 0.4) is 0 Å². The van der Waals surface area contributed by atoms with Gasteiger partial charge in [-0.1, -0.05) is 12.1 Å². The van der Waals surface area contributed by atoms with Gasteiger partial charge in [-0.3, -0.25) is 9.89 Å². The Bertz CT molecular complexity index is 698. The molecule has 1 fully saturated rings. The minimum atomic E-state index is 0.0252. The minimum Gasteiger partial charge on any atom is -0.495 e. The van der Waals surface area contributed by atoms with Gasteiger partial charge >= 0.3 is 0 Å². The van der Waals surface area contributed by atoms with Gasteiger partial charge in [-0.25, -0.2) is 0 Å². The molecule has 2 heterocycles. The fourth-order valence-electron chi connectivity index (χ4n) is 3.16. The number of anilines is 1. The maximum atomic E-state index is 12.0. The summed E-state index contributed by atoms with van der Waals surface area (Å²) in [6.45, 7) is 4.55. The monoisotopic (exact) mass is 328 g/mol. The predicted octanol–water partition coefficient (Wildman–Crippen LogP) is 1.91. The summed E-state index contributed by atoms with van der Waals surface area (Å²) in [6, 6.07) is 9.97. The standard InChI is InChI=1S/C18H24N4O2/c1-13-9-15(21-20-13)10-18(23)19-11-14-7-8-22(12-14)16-5-3-4-6-17(16)24-2/h3-6,9,14H,7-8,10-12H2,1-2H3,(H,19,23)(H,20,21)/t14-/m1/s1. The van der Waals surface area contributed by atoms with E-state index < -0.39 is 0 Å². The smallest absolute Gasteiger partial charge is 0.226 e. The largest absolute Gasteiger partial charge is 0.495 e. The molecule has 1 aliphatic rings. The number of carbonyl (C=O) groups excluding carboxylic acids is 1. The molecule has 1 saturated heterocycles. The van der Waals surface area contributed by atoms with Crippen molar-refractivity contribution < 1.29 is 9.53 Å². The van der Waals surface area contributed by atoms with Gasteiger partial charge in [0.1, 0.15) is 5.75 Å².